The third-order valence-electron chi connectivity index (χ3n) is 3.79. The lowest BCUT2D eigenvalue weighted by Crippen LogP contribution is -2.40. The van der Waals surface area contributed by atoms with Crippen LogP contribution >= 0.6 is 11.3 Å². The van der Waals surface area contributed by atoms with Gasteiger partial charge in [-0.2, -0.15) is 11.3 Å². The number of thiophene rings is 1. The monoisotopic (exact) mass is 293 g/mol. The van der Waals surface area contributed by atoms with Gasteiger partial charge in [0.2, 0.25) is 5.95 Å². The lowest BCUT2D eigenvalue weighted by molar-refractivity contribution is 0.0545. The number of aromatic nitrogens is 2. The number of nitrogens with one attached hydrogen (secondary N) is 1. The average Bonchev–Trinajstić information content (AvgIpc) is 3.03. The van der Waals surface area contributed by atoms with Crippen LogP contribution in [0.4, 0.5) is 10.3 Å². The van der Waals surface area contributed by atoms with Crippen LogP contribution in [0.25, 0.3) is 0 Å². The van der Waals surface area contributed by atoms with Crippen molar-refractivity contribution in [2.45, 2.75) is 18.3 Å². The molecule has 3 heterocycles. The fourth-order valence-corrected chi connectivity index (χ4v) is 3.33. The topological polar surface area (TPSA) is 47.0 Å². The van der Waals surface area contributed by atoms with Crippen LogP contribution in [-0.4, -0.2) is 29.7 Å². The summed E-state index contributed by atoms with van der Waals surface area (Å²) in [6.07, 6.45) is 4.29. The molecule has 0 radical (unpaired) electrons. The van der Waals surface area contributed by atoms with Gasteiger partial charge in [-0.1, -0.05) is 0 Å². The van der Waals surface area contributed by atoms with Gasteiger partial charge in [0.1, 0.15) is 0 Å². The van der Waals surface area contributed by atoms with Crippen molar-refractivity contribution in [3.8, 4) is 0 Å². The van der Waals surface area contributed by atoms with E-state index in [-0.39, 0.29) is 5.41 Å². The molecular weight excluding hydrogens is 277 g/mol. The standard InChI is InChI=1S/C14H16FN3OS/c15-12-7-16-13(17-8-12)18-10-14(2-4-19-5-3-14)11-1-6-20-9-11/h1,6-9H,2-5,10H2,(H,16,17,18). The van der Waals surface area contributed by atoms with Crippen molar-refractivity contribution >= 4 is 17.3 Å². The average molecular weight is 293 g/mol. The number of anilines is 1. The largest absolute Gasteiger partial charge is 0.381 e. The van der Waals surface area contributed by atoms with E-state index in [2.05, 4.69) is 32.1 Å². The van der Waals surface area contributed by atoms with E-state index in [9.17, 15) is 4.39 Å². The minimum atomic E-state index is -0.422. The van der Waals surface area contributed by atoms with Crippen molar-refractivity contribution in [1.82, 2.24) is 9.97 Å². The molecule has 1 N–H and O–H groups in total. The quantitative estimate of drug-likeness (QED) is 0.941. The molecule has 0 aromatic carbocycles. The number of hydrogen-bond donors (Lipinski definition) is 1. The zero-order valence-corrected chi connectivity index (χ0v) is 11.8. The fraction of sp³-hybridized carbons (Fsp3) is 0.429. The van der Waals surface area contributed by atoms with Crippen LogP contribution in [0, 0.1) is 5.82 Å². The molecular formula is C14H16FN3OS. The molecule has 0 bridgehead atoms. The van der Waals surface area contributed by atoms with Gasteiger partial charge in [-0.25, -0.2) is 14.4 Å². The minimum absolute atomic E-state index is 0.0516. The predicted octanol–water partition coefficient (Wildman–Crippen LogP) is 2.84. The first kappa shape index (κ1) is 13.5. The smallest absolute Gasteiger partial charge is 0.222 e. The van der Waals surface area contributed by atoms with Gasteiger partial charge in [-0.05, 0) is 35.2 Å². The summed E-state index contributed by atoms with van der Waals surface area (Å²) >= 11 is 1.71. The molecule has 3 rings (SSSR count). The molecule has 0 unspecified atom stereocenters. The van der Waals surface area contributed by atoms with Gasteiger partial charge in [0.25, 0.3) is 0 Å². The molecule has 0 aliphatic carbocycles. The molecule has 0 atom stereocenters. The maximum atomic E-state index is 12.8. The number of rotatable bonds is 4. The molecule has 6 heteroatoms. The van der Waals surface area contributed by atoms with Gasteiger partial charge in [-0.3, -0.25) is 0 Å². The summed E-state index contributed by atoms with van der Waals surface area (Å²) in [6, 6.07) is 2.17. The van der Waals surface area contributed by atoms with Gasteiger partial charge in [0, 0.05) is 25.2 Å². The minimum Gasteiger partial charge on any atom is -0.381 e. The second-order valence-electron chi connectivity index (χ2n) is 4.98. The summed E-state index contributed by atoms with van der Waals surface area (Å²) in [6.45, 7) is 2.27. The second-order valence-corrected chi connectivity index (χ2v) is 5.76. The van der Waals surface area contributed by atoms with Crippen LogP contribution in [0.15, 0.2) is 29.2 Å². The lowest BCUT2D eigenvalue weighted by Gasteiger charge is -2.37. The van der Waals surface area contributed by atoms with E-state index in [1.807, 2.05) is 0 Å². The maximum absolute atomic E-state index is 12.8. The Morgan fingerprint density at radius 2 is 2.05 bits per heavy atom. The van der Waals surface area contributed by atoms with Crippen molar-refractivity contribution in [1.29, 1.82) is 0 Å². The highest BCUT2D eigenvalue weighted by Crippen LogP contribution is 2.36. The Kier molecular flexibility index (Phi) is 3.93. The lowest BCUT2D eigenvalue weighted by atomic mass is 9.75. The number of hydrogen-bond acceptors (Lipinski definition) is 5. The number of ether oxygens (including phenoxy) is 1. The highest BCUT2D eigenvalue weighted by molar-refractivity contribution is 7.08. The van der Waals surface area contributed by atoms with Gasteiger partial charge in [-0.15, -0.1) is 0 Å². The molecule has 1 fully saturated rings. The van der Waals surface area contributed by atoms with Crippen molar-refractivity contribution < 1.29 is 9.13 Å². The molecule has 0 spiro atoms. The summed E-state index contributed by atoms with van der Waals surface area (Å²) in [5.41, 5.74) is 1.39. The maximum Gasteiger partial charge on any atom is 0.222 e. The van der Waals surface area contributed by atoms with E-state index in [0.717, 1.165) is 32.6 Å². The summed E-state index contributed by atoms with van der Waals surface area (Å²) in [5, 5.41) is 7.52. The van der Waals surface area contributed by atoms with Crippen molar-refractivity contribution in [3.63, 3.8) is 0 Å². The van der Waals surface area contributed by atoms with E-state index in [4.69, 9.17) is 4.74 Å². The molecule has 2 aromatic rings. The van der Waals surface area contributed by atoms with Crippen LogP contribution in [0.2, 0.25) is 0 Å². The second kappa shape index (κ2) is 5.85. The van der Waals surface area contributed by atoms with Crippen LogP contribution in [0.5, 0.6) is 0 Å². The Balaban J connectivity index is 1.75. The SMILES string of the molecule is Fc1cnc(NCC2(c3ccsc3)CCOCC2)nc1. The van der Waals surface area contributed by atoms with E-state index < -0.39 is 5.82 Å². The molecule has 1 aliphatic rings. The van der Waals surface area contributed by atoms with Crippen LogP contribution in [-0.2, 0) is 10.2 Å². The van der Waals surface area contributed by atoms with Crippen molar-refractivity contribution in [2.24, 2.45) is 0 Å². The first-order valence-corrected chi connectivity index (χ1v) is 7.55. The van der Waals surface area contributed by atoms with Crippen LogP contribution in [0.1, 0.15) is 18.4 Å². The van der Waals surface area contributed by atoms with Gasteiger partial charge < -0.3 is 10.1 Å². The Morgan fingerprint density at radius 3 is 2.70 bits per heavy atom. The van der Waals surface area contributed by atoms with Crippen molar-refractivity contribution in [2.75, 3.05) is 25.1 Å². The Labute approximate surface area is 121 Å². The molecule has 20 heavy (non-hydrogen) atoms. The third-order valence-corrected chi connectivity index (χ3v) is 4.47. The normalized spacial score (nSPS) is 17.9. The molecule has 1 saturated heterocycles. The number of nitrogens with zero attached hydrogens (tertiary/aromatic N) is 2. The highest BCUT2D eigenvalue weighted by atomic mass is 32.1. The van der Waals surface area contributed by atoms with E-state index in [1.165, 1.54) is 18.0 Å². The summed E-state index contributed by atoms with van der Waals surface area (Å²) in [4.78, 5) is 7.90. The molecule has 4 nitrogen and oxygen atoms in total. The number of halogens is 1. The molecule has 2 aromatic heterocycles. The Bertz CT molecular complexity index is 538. The Morgan fingerprint density at radius 1 is 1.30 bits per heavy atom. The molecule has 106 valence electrons. The van der Waals surface area contributed by atoms with Gasteiger partial charge in [0.05, 0.1) is 12.4 Å². The predicted molar refractivity (Wildman–Crippen MR) is 76.5 cm³/mol. The molecule has 0 amide bonds. The van der Waals surface area contributed by atoms with Gasteiger partial charge in [0.15, 0.2) is 5.82 Å². The van der Waals surface area contributed by atoms with Crippen molar-refractivity contribution in [3.05, 3.63) is 40.6 Å². The fourth-order valence-electron chi connectivity index (χ4n) is 2.55. The summed E-state index contributed by atoms with van der Waals surface area (Å²) < 4.78 is 18.3. The summed E-state index contributed by atoms with van der Waals surface area (Å²) in [5.74, 6) is 0.0432. The third kappa shape index (κ3) is 2.81. The van der Waals surface area contributed by atoms with Gasteiger partial charge >= 0.3 is 0 Å². The molecule has 1 aliphatic heterocycles. The van der Waals surface area contributed by atoms with Crippen LogP contribution < -0.4 is 5.32 Å². The Hall–Kier alpha value is -1.53. The van der Waals surface area contributed by atoms with E-state index >= 15 is 0 Å². The molecule has 0 saturated carbocycles. The zero-order chi connectivity index (χ0) is 13.8. The van der Waals surface area contributed by atoms with E-state index in [1.54, 1.807) is 11.3 Å². The van der Waals surface area contributed by atoms with Crippen LogP contribution in [0.3, 0.4) is 0 Å². The highest BCUT2D eigenvalue weighted by Gasteiger charge is 2.34. The summed E-state index contributed by atoms with van der Waals surface area (Å²) in [7, 11) is 0. The van der Waals surface area contributed by atoms with E-state index in [0.29, 0.717) is 5.95 Å². The first-order valence-electron chi connectivity index (χ1n) is 6.60. The zero-order valence-electron chi connectivity index (χ0n) is 11.0. The first-order chi connectivity index (χ1) is 9.78.